The van der Waals surface area contributed by atoms with Crippen LogP contribution in [0, 0.1) is 5.92 Å². The van der Waals surface area contributed by atoms with E-state index in [2.05, 4.69) is 10.6 Å². The Kier molecular flexibility index (Phi) is 5.74. The minimum atomic E-state index is -1.16. The maximum atomic E-state index is 13.0. The second kappa shape index (κ2) is 8.39. The predicted octanol–water partition coefficient (Wildman–Crippen LogP) is 3.30. The molecule has 0 aliphatic carbocycles. The third-order valence-electron chi connectivity index (χ3n) is 4.25. The number of carbonyl (C=O) groups excluding carboxylic acids is 3. The molecule has 1 saturated heterocycles. The van der Waals surface area contributed by atoms with Gasteiger partial charge in [0.05, 0.1) is 12.3 Å². The van der Waals surface area contributed by atoms with Gasteiger partial charge < -0.3 is 10.1 Å². The van der Waals surface area contributed by atoms with E-state index in [1.807, 2.05) is 6.92 Å². The van der Waals surface area contributed by atoms with Gasteiger partial charge in [0.25, 0.3) is 5.91 Å². The lowest BCUT2D eigenvalue weighted by molar-refractivity contribution is -0.132. The summed E-state index contributed by atoms with van der Waals surface area (Å²) in [6, 6.07) is 14.9. The van der Waals surface area contributed by atoms with Crippen molar-refractivity contribution >= 4 is 29.2 Å². The van der Waals surface area contributed by atoms with Gasteiger partial charge >= 0.3 is 6.03 Å². The Balaban J connectivity index is 1.85. The standard InChI is InChI=1S/C21H21N3O4/c1-3-17(22-14-10-12-16(13-11-14)28-4-2)18-19(25)23-21(27)24(20(18)26)15-8-6-5-7-9-15/h3,5-13,18,22H,4H2,1-2H3,(H,23,25,27)/b17-3+/t18-/m0/s1. The van der Waals surface area contributed by atoms with E-state index in [0.717, 1.165) is 10.6 Å². The molecule has 0 radical (unpaired) electrons. The summed E-state index contributed by atoms with van der Waals surface area (Å²) in [4.78, 5) is 38.7. The van der Waals surface area contributed by atoms with Crippen molar-refractivity contribution in [3.63, 3.8) is 0 Å². The number of barbiturate groups is 1. The van der Waals surface area contributed by atoms with Crippen LogP contribution in [0.3, 0.4) is 0 Å². The van der Waals surface area contributed by atoms with Crippen LogP contribution >= 0.6 is 0 Å². The van der Waals surface area contributed by atoms with Crippen LogP contribution in [0.25, 0.3) is 0 Å². The van der Waals surface area contributed by atoms with Crippen LogP contribution in [0.5, 0.6) is 5.75 Å². The van der Waals surface area contributed by atoms with Gasteiger partial charge in [-0.05, 0) is 50.2 Å². The van der Waals surface area contributed by atoms with E-state index in [1.54, 1.807) is 67.6 Å². The van der Waals surface area contributed by atoms with Crippen LogP contribution < -0.4 is 20.3 Å². The highest BCUT2D eigenvalue weighted by Crippen LogP contribution is 2.26. The van der Waals surface area contributed by atoms with Crippen molar-refractivity contribution in [3.05, 3.63) is 66.4 Å². The molecule has 1 atom stereocenters. The molecule has 1 heterocycles. The monoisotopic (exact) mass is 379 g/mol. The Bertz CT molecular complexity index is 907. The molecule has 7 heteroatoms. The minimum absolute atomic E-state index is 0.389. The number of rotatable bonds is 6. The first-order valence-electron chi connectivity index (χ1n) is 8.95. The quantitative estimate of drug-likeness (QED) is 0.752. The average molecular weight is 379 g/mol. The lowest BCUT2D eigenvalue weighted by Crippen LogP contribution is -2.59. The number of hydrogen-bond acceptors (Lipinski definition) is 5. The molecule has 0 bridgehead atoms. The molecule has 0 saturated carbocycles. The maximum Gasteiger partial charge on any atom is 0.335 e. The normalized spacial score (nSPS) is 17.4. The van der Waals surface area contributed by atoms with Crippen molar-refractivity contribution in [1.82, 2.24) is 5.32 Å². The van der Waals surface area contributed by atoms with Gasteiger partial charge in [-0.3, -0.25) is 14.9 Å². The highest BCUT2D eigenvalue weighted by Gasteiger charge is 2.43. The lowest BCUT2D eigenvalue weighted by atomic mass is 9.99. The van der Waals surface area contributed by atoms with E-state index >= 15 is 0 Å². The molecule has 2 aromatic rings. The van der Waals surface area contributed by atoms with E-state index in [4.69, 9.17) is 4.74 Å². The van der Waals surface area contributed by atoms with Crippen LogP contribution in [-0.4, -0.2) is 24.5 Å². The van der Waals surface area contributed by atoms with Crippen LogP contribution in [0.2, 0.25) is 0 Å². The van der Waals surface area contributed by atoms with Crippen LogP contribution in [0.1, 0.15) is 13.8 Å². The number of ether oxygens (including phenoxy) is 1. The van der Waals surface area contributed by atoms with Gasteiger partial charge in [-0.1, -0.05) is 24.3 Å². The highest BCUT2D eigenvalue weighted by atomic mass is 16.5. The van der Waals surface area contributed by atoms with E-state index in [-0.39, 0.29) is 0 Å². The van der Waals surface area contributed by atoms with Crippen LogP contribution in [-0.2, 0) is 9.59 Å². The zero-order chi connectivity index (χ0) is 20.1. The molecule has 2 N–H and O–H groups in total. The topological polar surface area (TPSA) is 87.7 Å². The fourth-order valence-corrected chi connectivity index (χ4v) is 2.95. The van der Waals surface area contributed by atoms with Crippen molar-refractivity contribution in [3.8, 4) is 5.75 Å². The molecular weight excluding hydrogens is 358 g/mol. The number of urea groups is 1. The number of hydrogen-bond donors (Lipinski definition) is 2. The van der Waals surface area contributed by atoms with Crippen molar-refractivity contribution in [2.24, 2.45) is 5.92 Å². The average Bonchev–Trinajstić information content (AvgIpc) is 2.69. The number of allylic oxidation sites excluding steroid dienone is 1. The summed E-state index contributed by atoms with van der Waals surface area (Å²) >= 11 is 0. The number of nitrogens with one attached hydrogen (secondary N) is 2. The zero-order valence-corrected chi connectivity index (χ0v) is 15.6. The van der Waals surface area contributed by atoms with Gasteiger partial charge in [0.2, 0.25) is 5.91 Å². The first-order valence-corrected chi connectivity index (χ1v) is 8.95. The third kappa shape index (κ3) is 3.88. The van der Waals surface area contributed by atoms with Crippen molar-refractivity contribution in [1.29, 1.82) is 0 Å². The number of nitrogens with zero attached hydrogens (tertiary/aromatic N) is 1. The summed E-state index contributed by atoms with van der Waals surface area (Å²) in [7, 11) is 0. The number of anilines is 2. The molecule has 1 aliphatic rings. The summed E-state index contributed by atoms with van der Waals surface area (Å²) in [5.74, 6) is -1.70. The fraction of sp³-hybridized carbons (Fsp3) is 0.190. The third-order valence-corrected chi connectivity index (χ3v) is 4.25. The molecule has 0 unspecified atom stereocenters. The van der Waals surface area contributed by atoms with E-state index < -0.39 is 23.8 Å². The van der Waals surface area contributed by atoms with Gasteiger partial charge in [0.1, 0.15) is 5.75 Å². The smallest absolute Gasteiger partial charge is 0.335 e. The van der Waals surface area contributed by atoms with Gasteiger partial charge in [0.15, 0.2) is 5.92 Å². The van der Waals surface area contributed by atoms with Crippen molar-refractivity contribution in [2.75, 3.05) is 16.8 Å². The summed E-state index contributed by atoms with van der Waals surface area (Å²) in [6.07, 6.45) is 1.65. The second-order valence-corrected chi connectivity index (χ2v) is 6.06. The van der Waals surface area contributed by atoms with E-state index in [9.17, 15) is 14.4 Å². The molecule has 1 fully saturated rings. The Morgan fingerprint density at radius 2 is 1.79 bits per heavy atom. The van der Waals surface area contributed by atoms with Gasteiger partial charge in [-0.2, -0.15) is 0 Å². The number of benzene rings is 2. The molecule has 144 valence electrons. The first kappa shape index (κ1) is 19.2. The first-order chi connectivity index (χ1) is 13.5. The summed E-state index contributed by atoms with van der Waals surface area (Å²) in [6.45, 7) is 4.19. The maximum absolute atomic E-state index is 13.0. The minimum Gasteiger partial charge on any atom is -0.494 e. The number of imide groups is 2. The van der Waals surface area contributed by atoms with Gasteiger partial charge in [0, 0.05) is 11.4 Å². The highest BCUT2D eigenvalue weighted by molar-refractivity contribution is 6.29. The molecule has 1 aliphatic heterocycles. The summed E-state index contributed by atoms with van der Waals surface area (Å²) in [5.41, 5.74) is 1.49. The predicted molar refractivity (Wildman–Crippen MR) is 106 cm³/mol. The van der Waals surface area contributed by atoms with Crippen molar-refractivity contribution in [2.45, 2.75) is 13.8 Å². The Labute approximate surface area is 163 Å². The number of amides is 4. The Morgan fingerprint density at radius 3 is 2.39 bits per heavy atom. The van der Waals surface area contributed by atoms with Gasteiger partial charge in [-0.25, -0.2) is 9.69 Å². The molecule has 7 nitrogen and oxygen atoms in total. The van der Waals surface area contributed by atoms with Crippen LogP contribution in [0.4, 0.5) is 16.2 Å². The molecule has 0 spiro atoms. The van der Waals surface area contributed by atoms with Gasteiger partial charge in [-0.15, -0.1) is 0 Å². The SMILES string of the molecule is C/C=C(/Nc1ccc(OCC)cc1)[C@H]1C(=O)NC(=O)N(c2ccccc2)C1=O. The van der Waals surface area contributed by atoms with Crippen LogP contribution in [0.15, 0.2) is 66.4 Å². The molecule has 3 rings (SSSR count). The largest absolute Gasteiger partial charge is 0.494 e. The van der Waals surface area contributed by atoms with Crippen molar-refractivity contribution < 1.29 is 19.1 Å². The second-order valence-electron chi connectivity index (χ2n) is 6.06. The fourth-order valence-electron chi connectivity index (χ4n) is 2.95. The lowest BCUT2D eigenvalue weighted by Gasteiger charge is -2.31. The molecular formula is C21H21N3O4. The molecule has 4 amide bonds. The Morgan fingerprint density at radius 1 is 1.11 bits per heavy atom. The molecule has 2 aromatic carbocycles. The number of carbonyl (C=O) groups is 3. The molecule has 0 aromatic heterocycles. The van der Waals surface area contributed by atoms with E-state index in [1.165, 1.54) is 0 Å². The van der Waals surface area contributed by atoms with E-state index in [0.29, 0.717) is 23.7 Å². The number of para-hydroxylation sites is 1. The zero-order valence-electron chi connectivity index (χ0n) is 15.6. The Hall–Kier alpha value is -3.61. The summed E-state index contributed by atoms with van der Waals surface area (Å²) < 4.78 is 5.41. The molecule has 28 heavy (non-hydrogen) atoms. The summed E-state index contributed by atoms with van der Waals surface area (Å²) in [5, 5.41) is 5.36.